The number of H-pyrrole nitrogens is 1. The highest BCUT2D eigenvalue weighted by Gasteiger charge is 2.48. The zero-order valence-corrected chi connectivity index (χ0v) is 26.0. The van der Waals surface area contributed by atoms with E-state index in [0.29, 0.717) is 38.3 Å². The van der Waals surface area contributed by atoms with E-state index in [9.17, 15) is 24.9 Å². The first kappa shape index (κ1) is 30.4. The van der Waals surface area contributed by atoms with Crippen molar-refractivity contribution in [3.63, 3.8) is 0 Å². The Morgan fingerprint density at radius 3 is 2.40 bits per heavy atom. The van der Waals surface area contributed by atoms with E-state index in [1.807, 2.05) is 48.5 Å². The third-order valence-electron chi connectivity index (χ3n) is 10.0. The monoisotopic (exact) mass is 644 g/mol. The van der Waals surface area contributed by atoms with E-state index in [-0.39, 0.29) is 37.1 Å². The summed E-state index contributed by atoms with van der Waals surface area (Å²) in [5.74, 6) is -0.810. The average molecular weight is 645 g/mol. The number of hydrogen-bond donors (Lipinski definition) is 5. The van der Waals surface area contributed by atoms with Crippen LogP contribution in [-0.4, -0.2) is 119 Å². The molecule has 0 radical (unpaired) electrons. The zero-order chi connectivity index (χ0) is 32.7. The highest BCUT2D eigenvalue weighted by atomic mass is 16.7. The summed E-state index contributed by atoms with van der Waals surface area (Å²) in [7, 11) is 4.65. The van der Waals surface area contributed by atoms with Gasteiger partial charge in [0.1, 0.15) is 24.4 Å². The number of aromatic nitrogens is 2. The summed E-state index contributed by atoms with van der Waals surface area (Å²) in [5, 5.41) is 39.2. The number of ether oxygens (including phenoxy) is 4. The number of benzene rings is 3. The molecular formula is C34H36N4O9. The van der Waals surface area contributed by atoms with Gasteiger partial charge in [-0.2, -0.15) is 0 Å². The van der Waals surface area contributed by atoms with Crippen molar-refractivity contribution < 1.29 is 43.9 Å². The maximum atomic E-state index is 13.8. The van der Waals surface area contributed by atoms with E-state index in [4.69, 9.17) is 18.9 Å². The maximum Gasteiger partial charge on any atom is 0.262 e. The number of rotatable bonds is 6. The van der Waals surface area contributed by atoms with Crippen LogP contribution in [0.3, 0.4) is 0 Å². The molecule has 5 N–H and O–H groups in total. The number of aromatic amines is 1. The summed E-state index contributed by atoms with van der Waals surface area (Å²) in [5.41, 5.74) is 3.17. The minimum Gasteiger partial charge on any atom is -0.391 e. The Labute approximate surface area is 268 Å². The highest BCUT2D eigenvalue weighted by Crippen LogP contribution is 2.47. The number of nitrogens with one attached hydrogen (secondary N) is 2. The van der Waals surface area contributed by atoms with Crippen molar-refractivity contribution in [2.75, 3.05) is 34.4 Å². The number of amides is 2. The smallest absolute Gasteiger partial charge is 0.262 e. The van der Waals surface area contributed by atoms with Crippen LogP contribution < -0.4 is 5.32 Å². The van der Waals surface area contributed by atoms with Crippen LogP contribution in [0.15, 0.2) is 48.5 Å². The molecule has 13 heteroatoms. The Morgan fingerprint density at radius 1 is 0.979 bits per heavy atom. The minimum absolute atomic E-state index is 0.0630. The molecule has 0 aliphatic carbocycles. The van der Waals surface area contributed by atoms with E-state index in [2.05, 4.69) is 10.3 Å². The molecule has 5 aromatic rings. The molecule has 8 rings (SSSR count). The average Bonchev–Trinajstić information content (AvgIpc) is 3.70. The Morgan fingerprint density at radius 2 is 1.68 bits per heavy atom. The Balaban J connectivity index is 1.31. The summed E-state index contributed by atoms with van der Waals surface area (Å²) >= 11 is 0. The van der Waals surface area contributed by atoms with Crippen molar-refractivity contribution >= 4 is 55.4 Å². The molecule has 2 aromatic heterocycles. The van der Waals surface area contributed by atoms with Crippen molar-refractivity contribution in [3.05, 3.63) is 59.7 Å². The van der Waals surface area contributed by atoms with Gasteiger partial charge >= 0.3 is 0 Å². The molecule has 0 saturated carbocycles. The lowest BCUT2D eigenvalue weighted by molar-refractivity contribution is -0.275. The first-order valence-electron chi connectivity index (χ1n) is 15.7. The molecule has 47 heavy (non-hydrogen) atoms. The van der Waals surface area contributed by atoms with Crippen LogP contribution in [0.4, 0.5) is 0 Å². The third kappa shape index (κ3) is 4.39. The van der Waals surface area contributed by atoms with Crippen LogP contribution in [0, 0.1) is 0 Å². The maximum absolute atomic E-state index is 13.8. The number of likely N-dealkylation sites (N-methyl/N-ethyl adjacent to an activating group) is 1. The number of nitrogens with zero attached hydrogens (tertiary/aromatic N) is 2. The van der Waals surface area contributed by atoms with Gasteiger partial charge in [-0.1, -0.05) is 36.4 Å². The van der Waals surface area contributed by atoms with Crippen LogP contribution in [0.1, 0.15) is 33.4 Å². The van der Waals surface area contributed by atoms with Gasteiger partial charge in [0.15, 0.2) is 12.5 Å². The fourth-order valence-corrected chi connectivity index (χ4v) is 7.62. The van der Waals surface area contributed by atoms with Crippen LogP contribution in [-0.2, 0) is 18.9 Å². The van der Waals surface area contributed by atoms with Gasteiger partial charge in [0.2, 0.25) is 0 Å². The number of hydrogen-bond acceptors (Lipinski definition) is 10. The van der Waals surface area contributed by atoms with Crippen LogP contribution in [0.2, 0.25) is 0 Å². The zero-order valence-electron chi connectivity index (χ0n) is 26.0. The molecule has 2 fully saturated rings. The highest BCUT2D eigenvalue weighted by molar-refractivity contribution is 6.39. The van der Waals surface area contributed by atoms with Gasteiger partial charge in [-0.05, 0) is 19.2 Å². The molecule has 2 amide bonds. The van der Waals surface area contributed by atoms with E-state index in [1.54, 1.807) is 11.6 Å². The Bertz CT molecular complexity index is 2060. The van der Waals surface area contributed by atoms with Gasteiger partial charge in [-0.15, -0.1) is 0 Å². The van der Waals surface area contributed by atoms with Gasteiger partial charge in [0.05, 0.1) is 53.0 Å². The van der Waals surface area contributed by atoms with Crippen molar-refractivity contribution in [1.29, 1.82) is 0 Å². The summed E-state index contributed by atoms with van der Waals surface area (Å²) in [4.78, 5) is 32.1. The van der Waals surface area contributed by atoms with E-state index >= 15 is 0 Å². The lowest BCUT2D eigenvalue weighted by Gasteiger charge is -2.43. The molecule has 13 nitrogen and oxygen atoms in total. The number of carbonyl (C=O) groups is 2. The van der Waals surface area contributed by atoms with Crippen LogP contribution >= 0.6 is 0 Å². The molecule has 3 aliphatic rings. The second-order valence-electron chi connectivity index (χ2n) is 12.5. The molecule has 0 bridgehead atoms. The van der Waals surface area contributed by atoms with Crippen molar-refractivity contribution in [2.45, 2.75) is 55.5 Å². The van der Waals surface area contributed by atoms with Gasteiger partial charge in [0.25, 0.3) is 11.8 Å². The number of para-hydroxylation sites is 2. The molecular weight excluding hydrogens is 608 g/mol. The number of aliphatic hydroxyl groups excluding tert-OH is 3. The van der Waals surface area contributed by atoms with Crippen molar-refractivity contribution in [2.24, 2.45) is 0 Å². The van der Waals surface area contributed by atoms with Gasteiger partial charge in [0, 0.05) is 47.6 Å². The lowest BCUT2D eigenvalue weighted by atomic mass is 9.96. The van der Waals surface area contributed by atoms with E-state index in [1.165, 1.54) is 14.2 Å². The van der Waals surface area contributed by atoms with E-state index < -0.39 is 48.9 Å². The molecule has 3 aromatic carbocycles. The minimum atomic E-state index is -1.45. The predicted octanol–water partition coefficient (Wildman–Crippen LogP) is 2.00. The fourth-order valence-electron chi connectivity index (χ4n) is 7.62. The van der Waals surface area contributed by atoms with Gasteiger partial charge in [-0.3, -0.25) is 14.5 Å². The number of carbonyl (C=O) groups excluding carboxylic acids is 2. The molecule has 3 aliphatic heterocycles. The largest absolute Gasteiger partial charge is 0.391 e. The van der Waals surface area contributed by atoms with Crippen molar-refractivity contribution in [1.82, 2.24) is 19.8 Å². The molecule has 0 unspecified atom stereocenters. The summed E-state index contributed by atoms with van der Waals surface area (Å²) in [6, 6.07) is 14.8. The number of fused-ring (bicyclic) bond motifs is 10. The first-order valence-corrected chi connectivity index (χ1v) is 15.7. The summed E-state index contributed by atoms with van der Waals surface area (Å²) in [6.07, 6.45) is -6.93. The standard InChI is InChI=1S/C34H36N4O9/c1-35-18-13-45-22(12-20(18)39)46-14-21-31(44-3)29(40)30(41)34(47-21)38-19-11-7-5-9-16(19)24-26-25(32(42)37(2)33(26)43)23-15-8-4-6-10-17(15)36-27(23)28(24)38/h4-11,18,20-22,29-31,34-36,39-41H,12-14H2,1-3H3/t18-,20-,21+,22-,29+,30+,31+,34+/m0/s1. The van der Waals surface area contributed by atoms with Crippen molar-refractivity contribution in [3.8, 4) is 0 Å². The number of imide groups is 1. The quantitative estimate of drug-likeness (QED) is 0.173. The number of methoxy groups -OCH3 is 1. The first-order chi connectivity index (χ1) is 22.7. The third-order valence-corrected chi connectivity index (χ3v) is 10.0. The molecule has 8 atom stereocenters. The lowest BCUT2D eigenvalue weighted by Crippen LogP contribution is -2.58. The molecule has 0 spiro atoms. The molecule has 246 valence electrons. The molecule has 5 heterocycles. The molecule has 2 saturated heterocycles. The second kappa shape index (κ2) is 11.4. The van der Waals surface area contributed by atoms with E-state index in [0.717, 1.165) is 15.8 Å². The second-order valence-corrected chi connectivity index (χ2v) is 12.5. The SMILES string of the molecule is CN[C@H]1CO[C@@H](OC[C@H]2O[C@@H](n3c4ccccc4c4c5c(c6c7ccccc7[nH]c6c43)C(=O)N(C)C5=O)[C@H](O)[C@@H](O)[C@@H]2OC)C[C@@H]1O. The van der Waals surface area contributed by atoms with Gasteiger partial charge in [-0.25, -0.2) is 0 Å². The summed E-state index contributed by atoms with van der Waals surface area (Å²) < 4.78 is 25.8. The number of aliphatic hydroxyl groups is 3. The fraction of sp³-hybridized carbons (Fsp3) is 0.412. The Hall–Kier alpha value is -3.92. The van der Waals surface area contributed by atoms with Gasteiger partial charge < -0.3 is 49.1 Å². The van der Waals surface area contributed by atoms with Crippen LogP contribution in [0.5, 0.6) is 0 Å². The summed E-state index contributed by atoms with van der Waals surface area (Å²) in [6.45, 7) is 0.195. The van der Waals surface area contributed by atoms with Crippen LogP contribution in [0.25, 0.3) is 43.6 Å². The predicted molar refractivity (Wildman–Crippen MR) is 171 cm³/mol. The Kier molecular flexibility index (Phi) is 7.35. The normalized spacial score (nSPS) is 30.0. The topological polar surface area (TPSA) is 168 Å².